The number of carbonyl (C=O) groups is 11. The molecule has 4 aromatic rings. The van der Waals surface area contributed by atoms with Crippen LogP contribution in [0.3, 0.4) is 0 Å². The fourth-order valence-electron chi connectivity index (χ4n) is 8.27. The zero-order chi connectivity index (χ0) is 62.0. The quantitative estimate of drug-likeness (QED) is 0.0268. The number of esters is 1. The highest BCUT2D eigenvalue weighted by Crippen LogP contribution is 2.22. The number of ether oxygens (including phenoxy) is 5. The van der Waals surface area contributed by atoms with Crippen LogP contribution in [0.1, 0.15) is 69.7 Å². The van der Waals surface area contributed by atoms with Crippen LogP contribution >= 0.6 is 0 Å². The van der Waals surface area contributed by atoms with E-state index in [0.29, 0.717) is 12.0 Å². The maximum Gasteiger partial charge on any atom is 0.408 e. The van der Waals surface area contributed by atoms with E-state index < -0.39 is 122 Å². The van der Waals surface area contributed by atoms with E-state index in [9.17, 15) is 63.0 Å². The summed E-state index contributed by atoms with van der Waals surface area (Å²) in [6, 6.07) is 30.0. The van der Waals surface area contributed by atoms with Gasteiger partial charge in [0.1, 0.15) is 74.8 Å². The second-order valence-corrected chi connectivity index (χ2v) is 20.3. The molecule has 4 aromatic carbocycles. The highest BCUT2D eigenvalue weighted by atomic mass is 16.6. The molecule has 0 aromatic heterocycles. The number of carboxylic acids is 2. The molecule has 6 amide bonds. The van der Waals surface area contributed by atoms with Gasteiger partial charge in [-0.25, -0.2) is 14.4 Å². The molecule has 2 aliphatic rings. The van der Waals surface area contributed by atoms with Crippen molar-refractivity contribution in [3.05, 3.63) is 166 Å². The van der Waals surface area contributed by atoms with Gasteiger partial charge in [0.25, 0.3) is 5.91 Å². The van der Waals surface area contributed by atoms with E-state index in [1.165, 1.54) is 6.92 Å². The minimum atomic E-state index is -1.49. The minimum absolute atomic E-state index is 0.00393. The molecule has 0 radical (unpaired) electrons. The smallest absolute Gasteiger partial charge is 0.408 e. The summed E-state index contributed by atoms with van der Waals surface area (Å²) < 4.78 is 26.6. The van der Waals surface area contributed by atoms with Crippen LogP contribution in [-0.4, -0.2) is 132 Å². The largest absolute Gasteiger partial charge is 0.488 e. The number of cyclic esters (lactones) is 1. The van der Waals surface area contributed by atoms with Gasteiger partial charge in [0, 0.05) is 12.8 Å². The predicted molar refractivity (Wildman–Crippen MR) is 303 cm³/mol. The van der Waals surface area contributed by atoms with Crippen molar-refractivity contribution in [2.75, 3.05) is 26.4 Å². The second kappa shape index (κ2) is 33.3. The maximum absolute atomic E-state index is 13.0. The average Bonchev–Trinajstić information content (AvgIpc) is 4.29. The van der Waals surface area contributed by atoms with Crippen molar-refractivity contribution in [3.8, 4) is 0 Å². The number of alkyl carbamates (subject to hydrolysis) is 2. The first kappa shape index (κ1) is 65.9. The molecular weight excluding hydrogens is 1100 g/mol. The fourth-order valence-corrected chi connectivity index (χ4v) is 8.27. The highest BCUT2D eigenvalue weighted by molar-refractivity contribution is 5.98. The third-order valence-corrected chi connectivity index (χ3v) is 13.0. The van der Waals surface area contributed by atoms with Crippen LogP contribution in [0.5, 0.6) is 0 Å². The molecule has 0 saturated carbocycles. The van der Waals surface area contributed by atoms with Gasteiger partial charge >= 0.3 is 30.1 Å². The Morgan fingerprint density at radius 1 is 0.506 bits per heavy atom. The van der Waals surface area contributed by atoms with Gasteiger partial charge in [0.05, 0.1) is 30.5 Å². The number of ketones is 2. The summed E-state index contributed by atoms with van der Waals surface area (Å²) in [4.78, 5) is 137. The zero-order valence-electron chi connectivity index (χ0n) is 47.6. The fraction of sp³-hybridized carbons (Fsp3) is 0.361. The van der Waals surface area contributed by atoms with Crippen LogP contribution < -0.4 is 31.9 Å². The van der Waals surface area contributed by atoms with Gasteiger partial charge in [0.2, 0.25) is 17.7 Å². The molecule has 2 heterocycles. The first-order chi connectivity index (χ1) is 40.6. The van der Waals surface area contributed by atoms with E-state index in [4.69, 9.17) is 23.7 Å². The molecule has 24 nitrogen and oxygen atoms in total. The molecule has 0 saturated heterocycles. The second-order valence-electron chi connectivity index (χ2n) is 20.3. The summed E-state index contributed by atoms with van der Waals surface area (Å²) in [5.74, 6) is -7.63. The number of Topliss-reactive ketones (excluding diaryl/α,β-unsaturated/α-hetero) is 2. The van der Waals surface area contributed by atoms with Gasteiger partial charge in [-0.2, -0.15) is 0 Å². The SMILES string of the molecule is CC(C)[C@H](NC(=O)OCc1ccccc1)C(=O)N[C@@H](C)C(=O)N[C@@H](CC(=O)O)C(=O)COC1=C(Cc2ccccc2)C(=O)OC1.CC(C)[C@H](NC(=O)OCc1ccccc1)C(=O)N[C@@H](CC(=O)O)C(=O)COC1=C(Cc2ccccc2)C(=O)NC1. The van der Waals surface area contributed by atoms with Crippen molar-refractivity contribution in [1.29, 1.82) is 0 Å². The number of carbonyl (C=O) groups excluding carboxylic acids is 9. The Hall–Kier alpha value is -9.87. The number of aliphatic carboxylic acids is 2. The van der Waals surface area contributed by atoms with Crippen molar-refractivity contribution in [3.63, 3.8) is 0 Å². The monoisotopic (exact) mass is 1170 g/mol. The molecule has 0 spiro atoms. The summed E-state index contributed by atoms with van der Waals surface area (Å²) in [5, 5.41) is 33.6. The van der Waals surface area contributed by atoms with Crippen LogP contribution in [0.25, 0.3) is 0 Å². The first-order valence-corrected chi connectivity index (χ1v) is 27.2. The molecule has 5 atom stereocenters. The van der Waals surface area contributed by atoms with Gasteiger partial charge in [0.15, 0.2) is 11.6 Å². The lowest BCUT2D eigenvalue weighted by molar-refractivity contribution is -0.141. The molecule has 2 aliphatic heterocycles. The van der Waals surface area contributed by atoms with E-state index >= 15 is 0 Å². The molecule has 0 bridgehead atoms. The Balaban J connectivity index is 0.000000313. The molecule has 8 N–H and O–H groups in total. The number of benzene rings is 4. The Bertz CT molecular complexity index is 3060. The maximum atomic E-state index is 13.0. The van der Waals surface area contributed by atoms with E-state index in [0.717, 1.165) is 22.3 Å². The minimum Gasteiger partial charge on any atom is -0.488 e. The number of nitrogens with one attached hydrogen (secondary N) is 6. The molecule has 0 fully saturated rings. The molecule has 85 heavy (non-hydrogen) atoms. The van der Waals surface area contributed by atoms with E-state index in [1.54, 1.807) is 76.2 Å². The van der Waals surface area contributed by atoms with Crippen molar-refractivity contribution < 1.29 is 86.6 Å². The molecular formula is C61H70N6O18. The van der Waals surface area contributed by atoms with Crippen molar-refractivity contribution >= 4 is 65.3 Å². The molecule has 0 unspecified atom stereocenters. The average molecular weight is 1180 g/mol. The Morgan fingerprint density at radius 2 is 0.894 bits per heavy atom. The Morgan fingerprint density at radius 3 is 1.32 bits per heavy atom. The molecule has 6 rings (SSSR count). The predicted octanol–water partition coefficient (Wildman–Crippen LogP) is 4.15. The number of rotatable bonds is 30. The number of amides is 6. The summed E-state index contributed by atoms with van der Waals surface area (Å²) in [5.41, 5.74) is 3.83. The van der Waals surface area contributed by atoms with Crippen LogP contribution in [0.4, 0.5) is 9.59 Å². The lowest BCUT2D eigenvalue weighted by Gasteiger charge is -2.24. The van der Waals surface area contributed by atoms with E-state index in [2.05, 4.69) is 31.9 Å². The van der Waals surface area contributed by atoms with Crippen molar-refractivity contribution in [1.82, 2.24) is 31.9 Å². The normalized spacial score (nSPS) is 14.4. The van der Waals surface area contributed by atoms with Crippen molar-refractivity contribution in [2.24, 2.45) is 11.8 Å². The molecule has 452 valence electrons. The van der Waals surface area contributed by atoms with Gasteiger partial charge in [-0.05, 0) is 41.0 Å². The van der Waals surface area contributed by atoms with Gasteiger partial charge < -0.3 is 65.8 Å². The number of carboxylic acid groups (broad SMARTS) is 2. The summed E-state index contributed by atoms with van der Waals surface area (Å²) in [7, 11) is 0. The van der Waals surface area contributed by atoms with Gasteiger partial charge in [-0.15, -0.1) is 0 Å². The number of hydrogen-bond acceptors (Lipinski definition) is 16. The van der Waals surface area contributed by atoms with Crippen molar-refractivity contribution in [2.45, 2.75) is 104 Å². The lowest BCUT2D eigenvalue weighted by Crippen LogP contribution is -2.56. The Kier molecular flexibility index (Phi) is 25.8. The standard InChI is InChI=1S/C32H37N3O10.C29H33N3O8/c1-19(2)28(35-32(42)45-16-22-12-8-5-9-13-22)30(40)33-20(3)29(39)34-24(15-27(37)38)25(36)17-43-26-18-44-31(41)23(26)14-21-10-6-4-7-11-21;1-18(2)26(32-29(38)40-16-20-11-7-4-8-12-20)28(37)31-22(14-25(34)35)23(33)17-39-24-15-30-27(36)21(24)13-19-9-5-3-6-10-19/h4-13,19-20,24,28H,14-18H2,1-3H3,(H,33,40)(H,34,39)(H,35,42)(H,37,38);3-12,18,22,26H,13-17H2,1-2H3,(H,30,36)(H,31,37)(H,32,38)(H,34,35)/t20-,24-,28-;22-,26-/m00/s1. The van der Waals surface area contributed by atoms with Crippen LogP contribution in [0.2, 0.25) is 0 Å². The first-order valence-electron chi connectivity index (χ1n) is 27.2. The topological polar surface area (TPSA) is 347 Å². The van der Waals surface area contributed by atoms with Crippen LogP contribution in [0.15, 0.2) is 144 Å². The van der Waals surface area contributed by atoms with Crippen LogP contribution in [0, 0.1) is 11.8 Å². The lowest BCUT2D eigenvalue weighted by atomic mass is 10.0. The summed E-state index contributed by atoms with van der Waals surface area (Å²) in [6.07, 6.45) is -2.58. The van der Waals surface area contributed by atoms with E-state index in [-0.39, 0.29) is 61.7 Å². The third-order valence-electron chi connectivity index (χ3n) is 13.0. The van der Waals surface area contributed by atoms with Gasteiger partial charge in [-0.1, -0.05) is 149 Å². The van der Waals surface area contributed by atoms with Gasteiger partial charge in [-0.3, -0.25) is 38.4 Å². The third kappa shape index (κ3) is 22.1. The van der Waals surface area contributed by atoms with E-state index in [1.807, 2.05) is 72.8 Å². The highest BCUT2D eigenvalue weighted by Gasteiger charge is 2.34. The zero-order valence-corrected chi connectivity index (χ0v) is 47.6. The number of hydrogen-bond donors (Lipinski definition) is 8. The molecule has 0 aliphatic carbocycles. The molecule has 24 heteroatoms. The van der Waals surface area contributed by atoms with Crippen LogP contribution in [-0.2, 0) is 92.9 Å². The summed E-state index contributed by atoms with van der Waals surface area (Å²) >= 11 is 0. The summed E-state index contributed by atoms with van der Waals surface area (Å²) in [6.45, 7) is 6.81. The Labute approximate surface area is 490 Å².